The molecule has 0 bridgehead atoms. The molecule has 0 fully saturated rings. The van der Waals surface area contributed by atoms with Crippen LogP contribution >= 0.6 is 0 Å². The molecule has 0 aliphatic heterocycles. The Labute approximate surface area is 101 Å². The molecule has 0 aromatic rings. The fourth-order valence-corrected chi connectivity index (χ4v) is 2.35. The fourth-order valence-electron chi connectivity index (χ4n) is 2.35. The first-order valence-corrected chi connectivity index (χ1v) is 6.40. The number of hydrogen-bond donors (Lipinski definition) is 1. The maximum atomic E-state index is 9.64. The molecule has 1 heteroatoms. The SMILES string of the molecule is C/C=C/C1=C(C)CC(O)CC1(C)C.CCC. The van der Waals surface area contributed by atoms with Crippen LogP contribution in [-0.2, 0) is 0 Å². The van der Waals surface area contributed by atoms with Gasteiger partial charge in [-0.05, 0) is 37.7 Å². The molecule has 1 N–H and O–H groups in total. The van der Waals surface area contributed by atoms with E-state index in [-0.39, 0.29) is 11.5 Å². The van der Waals surface area contributed by atoms with E-state index >= 15 is 0 Å². The molecule has 1 aliphatic rings. The Hall–Kier alpha value is -0.560. The minimum atomic E-state index is -0.149. The average molecular weight is 224 g/mol. The largest absolute Gasteiger partial charge is 0.393 e. The normalized spacial score (nSPS) is 24.3. The molecular weight excluding hydrogens is 196 g/mol. The van der Waals surface area contributed by atoms with E-state index in [2.05, 4.69) is 46.8 Å². The third-order valence-corrected chi connectivity index (χ3v) is 2.81. The summed E-state index contributed by atoms with van der Waals surface area (Å²) in [5, 5.41) is 9.64. The van der Waals surface area contributed by atoms with Gasteiger partial charge < -0.3 is 5.11 Å². The third kappa shape index (κ3) is 4.52. The Balaban J connectivity index is 0.000000673. The van der Waals surface area contributed by atoms with Crippen LogP contribution in [0.4, 0.5) is 0 Å². The highest BCUT2D eigenvalue weighted by Gasteiger charge is 2.31. The fraction of sp³-hybridized carbons (Fsp3) is 0.733. The minimum Gasteiger partial charge on any atom is -0.393 e. The van der Waals surface area contributed by atoms with E-state index < -0.39 is 0 Å². The minimum absolute atomic E-state index is 0.133. The van der Waals surface area contributed by atoms with E-state index in [1.807, 2.05) is 6.92 Å². The molecule has 0 saturated heterocycles. The van der Waals surface area contributed by atoms with Gasteiger partial charge in [0.25, 0.3) is 0 Å². The lowest BCUT2D eigenvalue weighted by atomic mass is 9.71. The van der Waals surface area contributed by atoms with Gasteiger partial charge in [0.1, 0.15) is 0 Å². The van der Waals surface area contributed by atoms with Crippen LogP contribution in [0.25, 0.3) is 0 Å². The highest BCUT2D eigenvalue weighted by atomic mass is 16.3. The highest BCUT2D eigenvalue weighted by Crippen LogP contribution is 2.40. The van der Waals surface area contributed by atoms with E-state index in [4.69, 9.17) is 0 Å². The lowest BCUT2D eigenvalue weighted by Gasteiger charge is -2.35. The summed E-state index contributed by atoms with van der Waals surface area (Å²) in [6.45, 7) is 12.8. The van der Waals surface area contributed by atoms with Crippen molar-refractivity contribution < 1.29 is 5.11 Å². The molecule has 1 nitrogen and oxygen atoms in total. The Kier molecular flexibility index (Phi) is 6.66. The molecule has 0 heterocycles. The van der Waals surface area contributed by atoms with Gasteiger partial charge in [-0.2, -0.15) is 0 Å². The predicted molar refractivity (Wildman–Crippen MR) is 72.5 cm³/mol. The van der Waals surface area contributed by atoms with Crippen molar-refractivity contribution in [2.75, 3.05) is 0 Å². The van der Waals surface area contributed by atoms with Crippen LogP contribution in [0.2, 0.25) is 0 Å². The standard InChI is InChI=1S/C12H20O.C3H8/c1-5-6-11-9(2)7-10(13)8-12(11,3)4;1-3-2/h5-6,10,13H,7-8H2,1-4H3;3H2,1-2H3/b6-5+;. The molecule has 0 amide bonds. The molecule has 0 radical (unpaired) electrons. The quantitative estimate of drug-likeness (QED) is 0.696. The summed E-state index contributed by atoms with van der Waals surface area (Å²) in [4.78, 5) is 0. The second-order valence-electron chi connectivity index (χ2n) is 5.35. The van der Waals surface area contributed by atoms with Gasteiger partial charge in [-0.3, -0.25) is 0 Å². The van der Waals surface area contributed by atoms with Crippen LogP contribution in [0.15, 0.2) is 23.3 Å². The lowest BCUT2D eigenvalue weighted by Crippen LogP contribution is -2.28. The van der Waals surface area contributed by atoms with Crippen LogP contribution in [0.1, 0.15) is 60.8 Å². The molecule has 0 spiro atoms. The molecule has 16 heavy (non-hydrogen) atoms. The summed E-state index contributed by atoms with van der Waals surface area (Å²) in [6.07, 6.45) is 7.08. The second-order valence-corrected chi connectivity index (χ2v) is 5.35. The van der Waals surface area contributed by atoms with Gasteiger partial charge in [0.2, 0.25) is 0 Å². The Bertz CT molecular complexity index is 259. The number of hydrogen-bond acceptors (Lipinski definition) is 1. The number of aliphatic hydroxyl groups excluding tert-OH is 1. The van der Waals surface area contributed by atoms with Crippen LogP contribution in [0.5, 0.6) is 0 Å². The molecule has 0 saturated carbocycles. The molecule has 94 valence electrons. The Morgan fingerprint density at radius 2 is 1.88 bits per heavy atom. The maximum absolute atomic E-state index is 9.64. The summed E-state index contributed by atoms with van der Waals surface area (Å²) in [5.74, 6) is 0. The summed E-state index contributed by atoms with van der Waals surface area (Å²) >= 11 is 0. The highest BCUT2D eigenvalue weighted by molar-refractivity contribution is 5.33. The summed E-state index contributed by atoms with van der Waals surface area (Å²) in [5.41, 5.74) is 2.87. The molecule has 1 unspecified atom stereocenters. The molecule has 0 aromatic carbocycles. The van der Waals surface area contributed by atoms with E-state index in [0.29, 0.717) is 0 Å². The van der Waals surface area contributed by atoms with Gasteiger partial charge in [0, 0.05) is 0 Å². The number of rotatable bonds is 1. The molecular formula is C15H28O. The monoisotopic (exact) mass is 224 g/mol. The third-order valence-electron chi connectivity index (χ3n) is 2.81. The van der Waals surface area contributed by atoms with Crippen molar-refractivity contribution in [3.05, 3.63) is 23.3 Å². The second kappa shape index (κ2) is 6.90. The molecule has 1 aliphatic carbocycles. The maximum Gasteiger partial charge on any atom is 0.0585 e. The van der Waals surface area contributed by atoms with E-state index in [1.54, 1.807) is 0 Å². The Morgan fingerprint density at radius 1 is 1.38 bits per heavy atom. The number of aliphatic hydroxyl groups is 1. The van der Waals surface area contributed by atoms with Gasteiger partial charge in [-0.1, -0.05) is 51.8 Å². The van der Waals surface area contributed by atoms with Crippen LogP contribution in [-0.4, -0.2) is 11.2 Å². The van der Waals surface area contributed by atoms with Gasteiger partial charge in [-0.25, -0.2) is 0 Å². The van der Waals surface area contributed by atoms with Crippen molar-refractivity contribution in [3.63, 3.8) is 0 Å². The van der Waals surface area contributed by atoms with Gasteiger partial charge in [0.05, 0.1) is 6.10 Å². The first kappa shape index (κ1) is 15.4. The van der Waals surface area contributed by atoms with E-state index in [9.17, 15) is 5.11 Å². The van der Waals surface area contributed by atoms with Crippen molar-refractivity contribution in [2.24, 2.45) is 5.41 Å². The molecule has 0 aromatic heterocycles. The van der Waals surface area contributed by atoms with Crippen molar-refractivity contribution in [1.29, 1.82) is 0 Å². The Morgan fingerprint density at radius 3 is 2.25 bits per heavy atom. The zero-order valence-corrected chi connectivity index (χ0v) is 11.8. The molecule has 1 atom stereocenters. The first-order chi connectivity index (χ1) is 7.38. The summed E-state index contributed by atoms with van der Waals surface area (Å²) in [6, 6.07) is 0. The van der Waals surface area contributed by atoms with Crippen molar-refractivity contribution in [2.45, 2.75) is 66.9 Å². The van der Waals surface area contributed by atoms with Gasteiger partial charge in [0.15, 0.2) is 0 Å². The van der Waals surface area contributed by atoms with Crippen molar-refractivity contribution >= 4 is 0 Å². The van der Waals surface area contributed by atoms with Crippen LogP contribution in [0, 0.1) is 5.41 Å². The number of allylic oxidation sites excluding steroid dienone is 3. The topological polar surface area (TPSA) is 20.2 Å². The van der Waals surface area contributed by atoms with Gasteiger partial charge in [-0.15, -0.1) is 0 Å². The van der Waals surface area contributed by atoms with Gasteiger partial charge >= 0.3 is 0 Å². The zero-order valence-electron chi connectivity index (χ0n) is 11.8. The average Bonchev–Trinajstić information content (AvgIpc) is 2.11. The van der Waals surface area contributed by atoms with Crippen LogP contribution in [0.3, 0.4) is 0 Å². The van der Waals surface area contributed by atoms with E-state index in [1.165, 1.54) is 17.6 Å². The predicted octanol–water partition coefficient (Wildman–Crippen LogP) is 4.48. The van der Waals surface area contributed by atoms with E-state index in [0.717, 1.165) is 12.8 Å². The zero-order chi connectivity index (χ0) is 12.8. The summed E-state index contributed by atoms with van der Waals surface area (Å²) < 4.78 is 0. The summed E-state index contributed by atoms with van der Waals surface area (Å²) in [7, 11) is 0. The van der Waals surface area contributed by atoms with Crippen LogP contribution < -0.4 is 0 Å². The first-order valence-electron chi connectivity index (χ1n) is 6.40. The lowest BCUT2D eigenvalue weighted by molar-refractivity contribution is 0.116. The molecule has 1 rings (SSSR count). The van der Waals surface area contributed by atoms with Crippen molar-refractivity contribution in [3.8, 4) is 0 Å². The smallest absolute Gasteiger partial charge is 0.0585 e. The van der Waals surface area contributed by atoms with Crippen molar-refractivity contribution in [1.82, 2.24) is 0 Å².